The monoisotopic (exact) mass is 466 g/mol. The highest BCUT2D eigenvalue weighted by Crippen LogP contribution is 2.57. The van der Waals surface area contributed by atoms with Gasteiger partial charge in [0.2, 0.25) is 18.5 Å². The van der Waals surface area contributed by atoms with Gasteiger partial charge in [-0.3, -0.25) is 14.3 Å². The molecule has 17 heteroatoms. The van der Waals surface area contributed by atoms with Crippen LogP contribution in [0.4, 0.5) is 5.95 Å². The molecule has 1 fully saturated rings. The van der Waals surface area contributed by atoms with Crippen molar-refractivity contribution in [2.75, 3.05) is 12.3 Å². The van der Waals surface area contributed by atoms with Crippen molar-refractivity contribution in [3.8, 4) is 12.3 Å². The number of aryl methyl sites for hydroxylation is 1. The number of nitrogens with zero attached hydrogens (tertiary/aromatic N) is 3. The van der Waals surface area contributed by atoms with Crippen molar-refractivity contribution in [2.45, 2.75) is 18.4 Å². The number of ether oxygens (including phenoxy) is 1. The first-order valence-electron chi connectivity index (χ1n) is 8.13. The molecule has 0 bridgehead atoms. The topological polar surface area (TPSA) is 223 Å². The number of hydrogen-bond acceptors (Lipinski definition) is 9. The smallest absolute Gasteiger partial charge is 0.385 e. The number of aliphatic hydroxyl groups is 1. The molecular formula is C13H18N5O10P2+. The van der Waals surface area contributed by atoms with Crippen LogP contribution in [-0.2, 0) is 29.7 Å². The van der Waals surface area contributed by atoms with Crippen molar-refractivity contribution in [3.05, 3.63) is 16.7 Å². The minimum atomic E-state index is -5.31. The van der Waals surface area contributed by atoms with E-state index in [1.807, 2.05) is 0 Å². The lowest BCUT2D eigenvalue weighted by Crippen LogP contribution is -2.32. The Morgan fingerprint density at radius 1 is 1.47 bits per heavy atom. The molecule has 2 aromatic rings. The van der Waals surface area contributed by atoms with E-state index in [1.54, 1.807) is 7.05 Å². The molecule has 0 aromatic carbocycles. The molecule has 15 nitrogen and oxygen atoms in total. The summed E-state index contributed by atoms with van der Waals surface area (Å²) < 4.78 is 39.0. The minimum absolute atomic E-state index is 0.0813. The number of fused-ring (bicyclic) bond motifs is 1. The van der Waals surface area contributed by atoms with E-state index in [2.05, 4.69) is 24.7 Å². The molecule has 0 amide bonds. The van der Waals surface area contributed by atoms with E-state index >= 15 is 0 Å². The second kappa shape index (κ2) is 7.86. The Morgan fingerprint density at radius 3 is 2.73 bits per heavy atom. The quantitative estimate of drug-likeness (QED) is 0.153. The number of aromatic nitrogens is 4. The number of H-pyrrole nitrogens is 1. The maximum Gasteiger partial charge on any atom is 0.481 e. The zero-order valence-corrected chi connectivity index (χ0v) is 17.0. The Morgan fingerprint density at radius 2 is 2.13 bits per heavy atom. The van der Waals surface area contributed by atoms with E-state index in [9.17, 15) is 23.9 Å². The number of hydrogen-bond donors (Lipinski definition) is 6. The van der Waals surface area contributed by atoms with Gasteiger partial charge in [-0.1, -0.05) is 5.92 Å². The lowest BCUT2D eigenvalue weighted by molar-refractivity contribution is -0.646. The number of aromatic amines is 1. The molecule has 0 aliphatic carbocycles. The van der Waals surface area contributed by atoms with Gasteiger partial charge in [0.05, 0.1) is 19.6 Å². The van der Waals surface area contributed by atoms with Gasteiger partial charge in [-0.05, 0) is 0 Å². The average molecular weight is 466 g/mol. The van der Waals surface area contributed by atoms with Crippen LogP contribution in [0.25, 0.3) is 11.2 Å². The van der Waals surface area contributed by atoms with E-state index in [1.165, 1.54) is 15.5 Å². The van der Waals surface area contributed by atoms with Crippen LogP contribution in [0.1, 0.15) is 6.23 Å². The first-order valence-corrected chi connectivity index (χ1v) is 11.2. The number of phosphoric ester groups is 1. The summed E-state index contributed by atoms with van der Waals surface area (Å²) in [5, 5.41) is 10.6. The van der Waals surface area contributed by atoms with Crippen LogP contribution in [0.3, 0.4) is 0 Å². The van der Waals surface area contributed by atoms with E-state index in [4.69, 9.17) is 26.7 Å². The molecule has 1 aliphatic heterocycles. The molecule has 1 unspecified atom stereocenters. The molecule has 1 saturated heterocycles. The van der Waals surface area contributed by atoms with Gasteiger partial charge in [0.15, 0.2) is 0 Å². The molecular weight excluding hydrogens is 448 g/mol. The summed E-state index contributed by atoms with van der Waals surface area (Å²) in [6.07, 6.45) is 3.12. The lowest BCUT2D eigenvalue weighted by Gasteiger charge is -2.17. The van der Waals surface area contributed by atoms with Crippen LogP contribution in [0, 0.1) is 18.3 Å². The molecule has 7 N–H and O–H groups in total. The Bertz CT molecular complexity index is 1170. The molecule has 2 aromatic heterocycles. The molecule has 0 radical (unpaired) electrons. The van der Waals surface area contributed by atoms with Gasteiger partial charge < -0.3 is 30.3 Å². The van der Waals surface area contributed by atoms with Crippen molar-refractivity contribution in [3.63, 3.8) is 0 Å². The maximum atomic E-state index is 12.1. The second-order valence-corrected chi connectivity index (χ2v) is 9.17. The largest absolute Gasteiger partial charge is 0.481 e. The van der Waals surface area contributed by atoms with Crippen LogP contribution in [-0.4, -0.2) is 53.1 Å². The van der Waals surface area contributed by atoms with Gasteiger partial charge in [0, 0.05) is 0 Å². The average Bonchev–Trinajstić information content (AvgIpc) is 3.07. The highest BCUT2D eigenvalue weighted by Gasteiger charge is 2.48. The normalized spacial score (nSPS) is 26.5. The van der Waals surface area contributed by atoms with Crippen LogP contribution >= 0.6 is 15.6 Å². The minimum Gasteiger partial charge on any atom is -0.385 e. The van der Waals surface area contributed by atoms with E-state index in [0.29, 0.717) is 0 Å². The van der Waals surface area contributed by atoms with E-state index in [-0.39, 0.29) is 17.1 Å². The molecule has 0 saturated carbocycles. The Balaban J connectivity index is 1.89. The summed E-state index contributed by atoms with van der Waals surface area (Å²) in [5.74, 6) is 1.05. The number of nitrogen functional groups attached to an aromatic ring is 1. The third kappa shape index (κ3) is 4.47. The van der Waals surface area contributed by atoms with Crippen LogP contribution in [0.2, 0.25) is 0 Å². The van der Waals surface area contributed by atoms with Gasteiger partial charge in [0.1, 0.15) is 12.2 Å². The first kappa shape index (κ1) is 22.6. The number of nitrogens with two attached hydrogens (primary N) is 1. The third-order valence-corrected chi connectivity index (χ3v) is 6.39. The lowest BCUT2D eigenvalue weighted by atomic mass is 9.99. The van der Waals surface area contributed by atoms with Crippen LogP contribution in [0.5, 0.6) is 0 Å². The zero-order chi connectivity index (χ0) is 22.4. The van der Waals surface area contributed by atoms with Crippen LogP contribution < -0.4 is 15.9 Å². The Labute approximate surface area is 167 Å². The predicted octanol–water partition coefficient (Wildman–Crippen LogP) is -2.13. The molecule has 164 valence electrons. The second-order valence-electron chi connectivity index (χ2n) is 6.34. The molecule has 30 heavy (non-hydrogen) atoms. The van der Waals surface area contributed by atoms with Gasteiger partial charge >= 0.3 is 21.2 Å². The van der Waals surface area contributed by atoms with Crippen LogP contribution in [0.15, 0.2) is 11.1 Å². The molecule has 3 heterocycles. The summed E-state index contributed by atoms with van der Waals surface area (Å²) in [4.78, 5) is 45.2. The summed E-state index contributed by atoms with van der Waals surface area (Å²) in [5.41, 5.74) is 5.26. The van der Waals surface area contributed by atoms with E-state index < -0.39 is 52.2 Å². The number of aliphatic hydroxyl groups excluding tert-OH is 1. The molecule has 1 aliphatic rings. The summed E-state index contributed by atoms with van der Waals surface area (Å²) in [7, 11) is -8.90. The van der Waals surface area contributed by atoms with Crippen molar-refractivity contribution in [1.29, 1.82) is 0 Å². The number of phosphoric acid groups is 2. The number of nitrogens with one attached hydrogen (secondary N) is 1. The summed E-state index contributed by atoms with van der Waals surface area (Å²) in [6, 6.07) is 0. The summed E-state index contributed by atoms with van der Waals surface area (Å²) >= 11 is 0. The highest BCUT2D eigenvalue weighted by molar-refractivity contribution is 7.60. The number of rotatable bonds is 6. The van der Waals surface area contributed by atoms with Gasteiger partial charge in [0.25, 0.3) is 11.2 Å². The van der Waals surface area contributed by atoms with Crippen molar-refractivity contribution in [2.24, 2.45) is 13.0 Å². The Kier molecular flexibility index (Phi) is 5.91. The van der Waals surface area contributed by atoms with Gasteiger partial charge in [-0.25, -0.2) is 13.7 Å². The fraction of sp³-hybridized carbons (Fsp3) is 0.462. The third-order valence-electron chi connectivity index (χ3n) is 4.24. The summed E-state index contributed by atoms with van der Waals surface area (Å²) in [6.45, 7) is -0.738. The van der Waals surface area contributed by atoms with Crippen molar-refractivity contribution in [1.82, 2.24) is 14.5 Å². The number of anilines is 1. The first-order chi connectivity index (χ1) is 13.8. The SMILES string of the molecule is C#C[C@H]1[C@@H](O)[C@H](n2c[n+](C)c3c(=O)[nH]c(N)nc32)O[C@@H]1COP(=O)(O)OP(=O)(O)O. The van der Waals surface area contributed by atoms with Crippen molar-refractivity contribution >= 4 is 32.8 Å². The molecule has 0 spiro atoms. The standard InChI is InChI=1S/C13H17N5O10P2/c1-3-6-7(4-26-30(24,25)28-29(21,22)23)27-12(9(6)19)18-5-17(2)8-10(18)15-13(14)16-11(8)20/h1,5-7,9,12,19H,4H2,2H3,(H5-,14,15,16,20,21,22,23,24,25)/p+1/t6-,7-,9-,12-/m1/s1. The van der Waals surface area contributed by atoms with Gasteiger partial charge in [-0.15, -0.1) is 6.42 Å². The number of imidazole rings is 1. The fourth-order valence-corrected chi connectivity index (χ4v) is 4.70. The maximum absolute atomic E-state index is 12.1. The number of terminal acetylenes is 1. The Hall–Kier alpha value is -2.11. The van der Waals surface area contributed by atoms with Gasteiger partial charge in [-0.2, -0.15) is 13.9 Å². The fourth-order valence-electron chi connectivity index (χ4n) is 3.10. The zero-order valence-electron chi connectivity index (χ0n) is 15.2. The predicted molar refractivity (Wildman–Crippen MR) is 97.1 cm³/mol. The molecule has 5 atom stereocenters. The van der Waals surface area contributed by atoms with Crippen molar-refractivity contribution < 1.29 is 47.1 Å². The van der Waals surface area contributed by atoms with E-state index in [0.717, 1.165) is 0 Å². The molecule has 3 rings (SSSR count). The highest BCUT2D eigenvalue weighted by atomic mass is 31.3.